The Morgan fingerprint density at radius 3 is 2.46 bits per heavy atom. The maximum absolute atomic E-state index is 13.8. The van der Waals surface area contributed by atoms with Gasteiger partial charge in [-0.25, -0.2) is 8.78 Å². The Labute approximate surface area is 140 Å². The number of halogens is 2. The highest BCUT2D eigenvalue weighted by Crippen LogP contribution is 2.42. The highest BCUT2D eigenvalue weighted by atomic mass is 19.1. The van der Waals surface area contributed by atoms with Crippen molar-refractivity contribution in [2.24, 2.45) is 4.99 Å². The second kappa shape index (κ2) is 7.43. The SMILES string of the molecule is CN=C(NCCc1ccccc1)NC1CC1c1c(F)cccc1F. The van der Waals surface area contributed by atoms with Crippen LogP contribution in [0.3, 0.4) is 0 Å². The summed E-state index contributed by atoms with van der Waals surface area (Å²) in [4.78, 5) is 4.18. The van der Waals surface area contributed by atoms with Gasteiger partial charge in [-0.3, -0.25) is 4.99 Å². The molecule has 126 valence electrons. The summed E-state index contributed by atoms with van der Waals surface area (Å²) in [6.07, 6.45) is 1.59. The lowest BCUT2D eigenvalue weighted by Gasteiger charge is -2.12. The second-order valence-electron chi connectivity index (χ2n) is 5.96. The zero-order valence-corrected chi connectivity index (χ0v) is 13.6. The van der Waals surface area contributed by atoms with Crippen molar-refractivity contribution in [3.63, 3.8) is 0 Å². The number of nitrogens with zero attached hydrogens (tertiary/aromatic N) is 1. The van der Waals surface area contributed by atoms with Gasteiger partial charge in [0.25, 0.3) is 0 Å². The third kappa shape index (κ3) is 3.91. The number of guanidine groups is 1. The van der Waals surface area contributed by atoms with E-state index in [9.17, 15) is 8.78 Å². The molecular weight excluding hydrogens is 308 g/mol. The standard InChI is InChI=1S/C19H21F2N3/c1-22-19(23-11-10-13-6-3-2-4-7-13)24-17-12-14(17)18-15(20)8-5-9-16(18)21/h2-9,14,17H,10-12H2,1H3,(H2,22,23,24). The molecule has 5 heteroatoms. The zero-order valence-electron chi connectivity index (χ0n) is 13.6. The molecule has 0 saturated heterocycles. The molecule has 0 aromatic heterocycles. The van der Waals surface area contributed by atoms with E-state index in [1.54, 1.807) is 7.05 Å². The number of rotatable bonds is 5. The lowest BCUT2D eigenvalue weighted by atomic mass is 10.1. The van der Waals surface area contributed by atoms with Crippen LogP contribution in [-0.2, 0) is 6.42 Å². The lowest BCUT2D eigenvalue weighted by molar-refractivity contribution is 0.553. The molecule has 1 fully saturated rings. The van der Waals surface area contributed by atoms with Gasteiger partial charge in [0.15, 0.2) is 5.96 Å². The number of benzene rings is 2. The minimum Gasteiger partial charge on any atom is -0.356 e. The second-order valence-corrected chi connectivity index (χ2v) is 5.96. The Morgan fingerprint density at radius 1 is 1.08 bits per heavy atom. The van der Waals surface area contributed by atoms with Crippen molar-refractivity contribution < 1.29 is 8.78 Å². The summed E-state index contributed by atoms with van der Waals surface area (Å²) in [5, 5.41) is 6.48. The predicted molar refractivity (Wildman–Crippen MR) is 92.1 cm³/mol. The molecule has 0 aliphatic heterocycles. The van der Waals surface area contributed by atoms with Crippen LogP contribution in [0.2, 0.25) is 0 Å². The fourth-order valence-electron chi connectivity index (χ4n) is 2.88. The normalized spacial score (nSPS) is 19.9. The van der Waals surface area contributed by atoms with Crippen molar-refractivity contribution in [1.82, 2.24) is 10.6 Å². The molecule has 1 saturated carbocycles. The maximum atomic E-state index is 13.8. The molecule has 3 nitrogen and oxygen atoms in total. The van der Waals surface area contributed by atoms with Gasteiger partial charge in [0.2, 0.25) is 0 Å². The first-order valence-electron chi connectivity index (χ1n) is 8.14. The summed E-state index contributed by atoms with van der Waals surface area (Å²) in [7, 11) is 1.69. The van der Waals surface area contributed by atoms with Gasteiger partial charge in [-0.05, 0) is 30.5 Å². The Morgan fingerprint density at radius 2 is 1.79 bits per heavy atom. The largest absolute Gasteiger partial charge is 0.356 e. The van der Waals surface area contributed by atoms with Crippen molar-refractivity contribution in [2.45, 2.75) is 24.8 Å². The third-order valence-electron chi connectivity index (χ3n) is 4.26. The first-order chi connectivity index (χ1) is 11.7. The third-order valence-corrected chi connectivity index (χ3v) is 4.26. The molecule has 1 aliphatic carbocycles. The Kier molecular flexibility index (Phi) is 5.08. The molecule has 2 aromatic carbocycles. The smallest absolute Gasteiger partial charge is 0.191 e. The summed E-state index contributed by atoms with van der Waals surface area (Å²) in [6, 6.07) is 14.2. The first kappa shape index (κ1) is 16.4. The Balaban J connectivity index is 1.50. The van der Waals surface area contributed by atoms with Crippen LogP contribution in [0.25, 0.3) is 0 Å². The van der Waals surface area contributed by atoms with Crippen molar-refractivity contribution >= 4 is 5.96 Å². The summed E-state index contributed by atoms with van der Waals surface area (Å²) >= 11 is 0. The van der Waals surface area contributed by atoms with Crippen LogP contribution in [0.4, 0.5) is 8.78 Å². The quantitative estimate of drug-likeness (QED) is 0.653. The molecule has 2 atom stereocenters. The number of nitrogens with one attached hydrogen (secondary N) is 2. The van der Waals surface area contributed by atoms with Gasteiger partial charge in [-0.1, -0.05) is 36.4 Å². The fourth-order valence-corrected chi connectivity index (χ4v) is 2.88. The summed E-state index contributed by atoms with van der Waals surface area (Å²) in [5.41, 5.74) is 1.42. The molecule has 0 heterocycles. The van der Waals surface area contributed by atoms with Crippen LogP contribution < -0.4 is 10.6 Å². The molecule has 0 spiro atoms. The van der Waals surface area contributed by atoms with Crippen LogP contribution in [-0.4, -0.2) is 25.6 Å². The van der Waals surface area contributed by atoms with Crippen molar-refractivity contribution in [3.05, 3.63) is 71.3 Å². The van der Waals surface area contributed by atoms with Crippen molar-refractivity contribution in [3.8, 4) is 0 Å². The molecule has 1 aliphatic rings. The van der Waals surface area contributed by atoms with Gasteiger partial charge in [0.1, 0.15) is 11.6 Å². The highest BCUT2D eigenvalue weighted by molar-refractivity contribution is 5.80. The van der Waals surface area contributed by atoms with E-state index >= 15 is 0 Å². The van der Waals surface area contributed by atoms with Gasteiger partial charge >= 0.3 is 0 Å². The molecular formula is C19H21F2N3. The fraction of sp³-hybridized carbons (Fsp3) is 0.316. The minimum atomic E-state index is -0.476. The van der Waals surface area contributed by atoms with Gasteiger partial charge in [-0.15, -0.1) is 0 Å². The highest BCUT2D eigenvalue weighted by Gasteiger charge is 2.42. The first-order valence-corrected chi connectivity index (χ1v) is 8.14. The minimum absolute atomic E-state index is 0.0133. The molecule has 3 rings (SSSR count). The summed E-state index contributed by atoms with van der Waals surface area (Å²) < 4.78 is 27.6. The number of aliphatic imine (C=N–C) groups is 1. The molecule has 0 amide bonds. The monoisotopic (exact) mass is 329 g/mol. The molecule has 0 radical (unpaired) electrons. The van der Waals surface area contributed by atoms with E-state index in [-0.39, 0.29) is 17.5 Å². The van der Waals surface area contributed by atoms with Crippen LogP contribution in [0, 0.1) is 11.6 Å². The average molecular weight is 329 g/mol. The van der Waals surface area contributed by atoms with E-state index in [1.807, 2.05) is 18.2 Å². The lowest BCUT2D eigenvalue weighted by Crippen LogP contribution is -2.40. The molecule has 2 N–H and O–H groups in total. The van der Waals surface area contributed by atoms with Crippen molar-refractivity contribution in [2.75, 3.05) is 13.6 Å². The Bertz CT molecular complexity index is 696. The summed E-state index contributed by atoms with van der Waals surface area (Å²) in [6.45, 7) is 0.745. The molecule has 2 aromatic rings. The Hall–Kier alpha value is -2.43. The van der Waals surface area contributed by atoms with Gasteiger partial charge in [0.05, 0.1) is 0 Å². The van der Waals surface area contributed by atoms with Crippen LogP contribution in [0.1, 0.15) is 23.5 Å². The van der Waals surface area contributed by atoms with Gasteiger partial charge < -0.3 is 10.6 Å². The van der Waals surface area contributed by atoms with E-state index in [1.165, 1.54) is 23.8 Å². The van der Waals surface area contributed by atoms with Gasteiger partial charge in [0, 0.05) is 31.1 Å². The average Bonchev–Trinajstić information content (AvgIpc) is 3.33. The maximum Gasteiger partial charge on any atom is 0.191 e. The summed E-state index contributed by atoms with van der Waals surface area (Å²) in [5.74, 6) is -0.429. The van der Waals surface area contributed by atoms with E-state index in [4.69, 9.17) is 0 Å². The van der Waals surface area contributed by atoms with E-state index in [0.29, 0.717) is 12.4 Å². The van der Waals surface area contributed by atoms with Crippen LogP contribution in [0.15, 0.2) is 53.5 Å². The van der Waals surface area contributed by atoms with E-state index < -0.39 is 11.6 Å². The zero-order chi connectivity index (χ0) is 16.9. The van der Waals surface area contributed by atoms with E-state index in [2.05, 4.69) is 27.8 Å². The predicted octanol–water partition coefficient (Wildman–Crippen LogP) is 3.23. The van der Waals surface area contributed by atoms with Crippen LogP contribution >= 0.6 is 0 Å². The number of hydrogen-bond acceptors (Lipinski definition) is 1. The topological polar surface area (TPSA) is 36.4 Å². The molecule has 2 unspecified atom stereocenters. The van der Waals surface area contributed by atoms with Crippen LogP contribution in [0.5, 0.6) is 0 Å². The van der Waals surface area contributed by atoms with Crippen molar-refractivity contribution in [1.29, 1.82) is 0 Å². The van der Waals surface area contributed by atoms with E-state index in [0.717, 1.165) is 13.0 Å². The van der Waals surface area contributed by atoms with Gasteiger partial charge in [-0.2, -0.15) is 0 Å². The number of hydrogen-bond donors (Lipinski definition) is 2. The molecule has 24 heavy (non-hydrogen) atoms. The molecule has 0 bridgehead atoms.